The van der Waals surface area contributed by atoms with Crippen LogP contribution in [0.5, 0.6) is 0 Å². The summed E-state index contributed by atoms with van der Waals surface area (Å²) in [4.78, 5) is 22.5. The smallest absolute Gasteiger partial charge is 0.338 e. The molecule has 0 N–H and O–H groups in total. The number of benzene rings is 1. The van der Waals surface area contributed by atoms with Gasteiger partial charge in [0, 0.05) is 6.42 Å². The Kier molecular flexibility index (Phi) is 4.70. The van der Waals surface area contributed by atoms with E-state index in [2.05, 4.69) is 0 Å². The van der Waals surface area contributed by atoms with Gasteiger partial charge in [-0.25, -0.2) is 4.79 Å². The van der Waals surface area contributed by atoms with Gasteiger partial charge in [-0.15, -0.1) is 0 Å². The summed E-state index contributed by atoms with van der Waals surface area (Å²) in [6.45, 7) is 3.68. The van der Waals surface area contributed by atoms with Crippen molar-refractivity contribution < 1.29 is 14.3 Å². The second-order valence-corrected chi connectivity index (χ2v) is 3.58. The van der Waals surface area contributed by atoms with Crippen LogP contribution in [0.4, 0.5) is 0 Å². The van der Waals surface area contributed by atoms with Crippen LogP contribution < -0.4 is 0 Å². The predicted octanol–water partition coefficient (Wildman–Crippen LogP) is 2.38. The van der Waals surface area contributed by atoms with Gasteiger partial charge in [-0.3, -0.25) is 0 Å². The summed E-state index contributed by atoms with van der Waals surface area (Å²) < 4.78 is 4.95. The van der Waals surface area contributed by atoms with Gasteiger partial charge in [0.15, 0.2) is 0 Å². The fraction of sp³-hybridized carbons (Fsp3) is 0.385. The molecule has 0 spiro atoms. The number of esters is 1. The molecule has 0 aliphatic heterocycles. The molecule has 86 valence electrons. The Morgan fingerprint density at radius 2 is 1.94 bits per heavy atom. The van der Waals surface area contributed by atoms with Crippen molar-refractivity contribution in [2.45, 2.75) is 26.7 Å². The average molecular weight is 220 g/mol. The van der Waals surface area contributed by atoms with Crippen LogP contribution in [0.25, 0.3) is 0 Å². The first-order chi connectivity index (χ1) is 7.65. The molecule has 0 aromatic heterocycles. The van der Waals surface area contributed by atoms with Gasteiger partial charge >= 0.3 is 5.97 Å². The molecule has 0 bridgehead atoms. The van der Waals surface area contributed by atoms with E-state index in [0.717, 1.165) is 5.56 Å². The maximum Gasteiger partial charge on any atom is 0.338 e. The zero-order valence-corrected chi connectivity index (χ0v) is 9.66. The summed E-state index contributed by atoms with van der Waals surface area (Å²) in [5.41, 5.74) is 1.43. The molecule has 3 nitrogen and oxygen atoms in total. The molecule has 0 amide bonds. The molecule has 0 fully saturated rings. The molecule has 1 aromatic rings. The Morgan fingerprint density at radius 3 is 2.56 bits per heavy atom. The van der Waals surface area contributed by atoms with Crippen LogP contribution in [0.1, 0.15) is 36.2 Å². The summed E-state index contributed by atoms with van der Waals surface area (Å²) >= 11 is 0. The largest absolute Gasteiger partial charge is 0.462 e. The zero-order valence-electron chi connectivity index (χ0n) is 9.66. The fourth-order valence-corrected chi connectivity index (χ4v) is 1.46. The van der Waals surface area contributed by atoms with Crippen molar-refractivity contribution in [3.05, 3.63) is 35.4 Å². The van der Waals surface area contributed by atoms with Crippen LogP contribution in [-0.4, -0.2) is 18.4 Å². The van der Waals surface area contributed by atoms with Crippen LogP contribution in [0.2, 0.25) is 0 Å². The quantitative estimate of drug-likeness (QED) is 0.715. The van der Waals surface area contributed by atoms with E-state index in [1.807, 2.05) is 12.1 Å². The molecule has 0 heterocycles. The van der Waals surface area contributed by atoms with Crippen molar-refractivity contribution in [3.63, 3.8) is 0 Å². The Labute approximate surface area is 95.4 Å². The number of aryl methyl sites for hydroxylation is 1. The maximum atomic E-state index is 11.6. The molecule has 16 heavy (non-hydrogen) atoms. The number of carbonyl (C=O) groups is 2. The highest BCUT2D eigenvalue weighted by Gasteiger charge is 2.11. The van der Waals surface area contributed by atoms with E-state index in [4.69, 9.17) is 4.74 Å². The van der Waals surface area contributed by atoms with E-state index in [1.54, 1.807) is 26.0 Å². The molecule has 0 radical (unpaired) electrons. The van der Waals surface area contributed by atoms with Gasteiger partial charge in [0.25, 0.3) is 0 Å². The first-order valence-electron chi connectivity index (χ1n) is 5.39. The van der Waals surface area contributed by atoms with Crippen molar-refractivity contribution in [2.75, 3.05) is 6.61 Å². The number of hydrogen-bond donors (Lipinski definition) is 0. The third-order valence-electron chi connectivity index (χ3n) is 2.26. The highest BCUT2D eigenvalue weighted by Crippen LogP contribution is 2.12. The molecular weight excluding hydrogens is 204 g/mol. The summed E-state index contributed by atoms with van der Waals surface area (Å²) in [6, 6.07) is 7.24. The van der Waals surface area contributed by atoms with Crippen molar-refractivity contribution in [1.82, 2.24) is 0 Å². The fourth-order valence-electron chi connectivity index (χ4n) is 1.46. The van der Waals surface area contributed by atoms with Gasteiger partial charge in [0.1, 0.15) is 5.78 Å². The standard InChI is InChI=1S/C13H16O3/c1-3-16-13(15)12-7-5-4-6-11(12)9-8-10(2)14/h4-7H,3,8-9H2,1-2H3. The monoisotopic (exact) mass is 220 g/mol. The van der Waals surface area contributed by atoms with Gasteiger partial charge in [0.05, 0.1) is 12.2 Å². The minimum Gasteiger partial charge on any atom is -0.462 e. The maximum absolute atomic E-state index is 11.6. The molecule has 0 aliphatic rings. The van der Waals surface area contributed by atoms with Gasteiger partial charge in [0.2, 0.25) is 0 Å². The first kappa shape index (κ1) is 12.4. The van der Waals surface area contributed by atoms with E-state index in [9.17, 15) is 9.59 Å². The Balaban J connectivity index is 2.82. The van der Waals surface area contributed by atoms with E-state index < -0.39 is 0 Å². The van der Waals surface area contributed by atoms with E-state index >= 15 is 0 Å². The predicted molar refractivity (Wildman–Crippen MR) is 61.4 cm³/mol. The third kappa shape index (κ3) is 3.50. The average Bonchev–Trinajstić information content (AvgIpc) is 2.27. The van der Waals surface area contributed by atoms with Crippen molar-refractivity contribution in [3.8, 4) is 0 Å². The minimum absolute atomic E-state index is 0.124. The van der Waals surface area contributed by atoms with E-state index in [-0.39, 0.29) is 11.8 Å². The highest BCUT2D eigenvalue weighted by molar-refractivity contribution is 5.91. The molecule has 0 saturated heterocycles. The lowest BCUT2D eigenvalue weighted by Gasteiger charge is -2.07. The van der Waals surface area contributed by atoms with Crippen molar-refractivity contribution >= 4 is 11.8 Å². The molecular formula is C13H16O3. The normalized spacial score (nSPS) is 9.88. The second-order valence-electron chi connectivity index (χ2n) is 3.58. The zero-order chi connectivity index (χ0) is 12.0. The first-order valence-corrected chi connectivity index (χ1v) is 5.39. The topological polar surface area (TPSA) is 43.4 Å². The molecule has 0 saturated carbocycles. The molecule has 1 rings (SSSR count). The van der Waals surface area contributed by atoms with Crippen LogP contribution in [0, 0.1) is 0 Å². The number of Topliss-reactive ketones (excluding diaryl/α,β-unsaturated/α-hetero) is 1. The van der Waals surface area contributed by atoms with Crippen LogP contribution in [0.15, 0.2) is 24.3 Å². The van der Waals surface area contributed by atoms with Crippen molar-refractivity contribution in [1.29, 1.82) is 0 Å². The molecule has 3 heteroatoms. The molecule has 0 aliphatic carbocycles. The number of ether oxygens (including phenoxy) is 1. The second kappa shape index (κ2) is 6.05. The Bertz CT molecular complexity index is 383. The van der Waals surface area contributed by atoms with Gasteiger partial charge in [-0.1, -0.05) is 18.2 Å². The summed E-state index contributed by atoms with van der Waals surface area (Å²) in [6.07, 6.45) is 1.04. The van der Waals surface area contributed by atoms with Gasteiger partial charge in [-0.2, -0.15) is 0 Å². The lowest BCUT2D eigenvalue weighted by Crippen LogP contribution is -2.08. The number of hydrogen-bond acceptors (Lipinski definition) is 3. The van der Waals surface area contributed by atoms with Crippen LogP contribution in [-0.2, 0) is 16.0 Å². The third-order valence-corrected chi connectivity index (χ3v) is 2.26. The Morgan fingerprint density at radius 1 is 1.25 bits per heavy atom. The molecule has 1 aromatic carbocycles. The van der Waals surface area contributed by atoms with Gasteiger partial charge in [-0.05, 0) is 31.9 Å². The number of ketones is 1. The molecule has 0 atom stereocenters. The lowest BCUT2D eigenvalue weighted by molar-refractivity contribution is -0.116. The van der Waals surface area contributed by atoms with E-state index in [0.29, 0.717) is 25.0 Å². The number of rotatable bonds is 5. The van der Waals surface area contributed by atoms with Crippen LogP contribution >= 0.6 is 0 Å². The minimum atomic E-state index is -0.318. The summed E-state index contributed by atoms with van der Waals surface area (Å²) in [7, 11) is 0. The summed E-state index contributed by atoms with van der Waals surface area (Å²) in [5, 5.41) is 0. The van der Waals surface area contributed by atoms with Gasteiger partial charge < -0.3 is 9.53 Å². The van der Waals surface area contributed by atoms with Crippen molar-refractivity contribution in [2.24, 2.45) is 0 Å². The number of carbonyl (C=O) groups excluding carboxylic acids is 2. The Hall–Kier alpha value is -1.64. The van der Waals surface area contributed by atoms with E-state index in [1.165, 1.54) is 0 Å². The summed E-state index contributed by atoms with van der Waals surface area (Å²) in [5.74, 6) is -0.194. The molecule has 0 unspecified atom stereocenters. The lowest BCUT2D eigenvalue weighted by atomic mass is 10.0. The highest BCUT2D eigenvalue weighted by atomic mass is 16.5. The van der Waals surface area contributed by atoms with Crippen LogP contribution in [0.3, 0.4) is 0 Å². The SMILES string of the molecule is CCOC(=O)c1ccccc1CCC(C)=O.